The van der Waals surface area contributed by atoms with E-state index in [0.717, 1.165) is 0 Å². The van der Waals surface area contributed by atoms with Crippen molar-refractivity contribution in [2.24, 2.45) is 0 Å². The third kappa shape index (κ3) is 38.0. The Morgan fingerprint density at radius 1 is 0.607 bits per heavy atom. The van der Waals surface area contributed by atoms with Gasteiger partial charge in [0.15, 0.2) is 0 Å². The van der Waals surface area contributed by atoms with Crippen LogP contribution in [0.2, 0.25) is 0 Å². The zero-order valence-electron chi connectivity index (χ0n) is 14.8. The molecule has 0 unspecified atom stereocenters. The molecule has 15 heteroatoms. The van der Waals surface area contributed by atoms with Crippen molar-refractivity contribution < 1.29 is 72.8 Å². The summed E-state index contributed by atoms with van der Waals surface area (Å²) in [4.78, 5) is 48.6. The number of carbonyl (C=O) groups excluding carboxylic acids is 1. The van der Waals surface area contributed by atoms with Crippen molar-refractivity contribution in [2.75, 3.05) is 26.4 Å². The number of hydrogen-bond acceptors (Lipinski definition) is 11. The molecule has 0 aliphatic carbocycles. The van der Waals surface area contributed by atoms with Gasteiger partial charge in [0, 0.05) is 0 Å². The van der Waals surface area contributed by atoms with Crippen LogP contribution >= 0.6 is 0 Å². The molecule has 15 nitrogen and oxygen atoms in total. The Hall–Kier alpha value is -3.91. The molecule has 28 heavy (non-hydrogen) atoms. The summed E-state index contributed by atoms with van der Waals surface area (Å²) >= 11 is 0. The third-order valence-electron chi connectivity index (χ3n) is 1.45. The summed E-state index contributed by atoms with van der Waals surface area (Å²) in [6, 6.07) is 0. The summed E-state index contributed by atoms with van der Waals surface area (Å²) in [5, 5.41) is 31.3. The van der Waals surface area contributed by atoms with Crippen molar-refractivity contribution in [1.29, 1.82) is 0 Å². The van der Waals surface area contributed by atoms with Crippen molar-refractivity contribution in [3.63, 3.8) is 0 Å². The molecule has 0 heterocycles. The van der Waals surface area contributed by atoms with E-state index in [2.05, 4.69) is 28.4 Å². The van der Waals surface area contributed by atoms with Gasteiger partial charge in [-0.1, -0.05) is 0 Å². The van der Waals surface area contributed by atoms with Crippen LogP contribution in [0.4, 0.5) is 24.0 Å². The molecule has 0 aliphatic rings. The molecule has 0 aliphatic heterocycles. The van der Waals surface area contributed by atoms with Gasteiger partial charge in [-0.2, -0.15) is 0 Å². The fraction of sp³-hybridized carbons (Fsp3) is 0.462. The first-order valence-electron chi connectivity index (χ1n) is 7.01. The molecule has 4 N–H and O–H groups in total. The van der Waals surface area contributed by atoms with E-state index in [9.17, 15) is 24.0 Å². The first kappa shape index (κ1) is 28.9. The molecule has 0 atom stereocenters. The van der Waals surface area contributed by atoms with Crippen LogP contribution < -0.4 is 0 Å². The maximum Gasteiger partial charge on any atom is 0.510 e. The average Bonchev–Trinajstić information content (AvgIpc) is 2.57. The van der Waals surface area contributed by atoms with Crippen LogP contribution in [-0.4, -0.2) is 77.6 Å². The van der Waals surface area contributed by atoms with Gasteiger partial charge in [0.1, 0.15) is 25.7 Å². The van der Waals surface area contributed by atoms with Gasteiger partial charge in [0.2, 0.25) is 0 Å². The van der Waals surface area contributed by atoms with Crippen LogP contribution in [0, 0.1) is 0 Å². The molecule has 0 aromatic carbocycles. The lowest BCUT2D eigenvalue weighted by Crippen LogP contribution is -2.10. The number of ether oxygens (including phenoxy) is 6. The van der Waals surface area contributed by atoms with Gasteiger partial charge in [-0.15, -0.1) is 0 Å². The summed E-state index contributed by atoms with van der Waals surface area (Å²) in [7, 11) is 0. The molecular formula is C13H20O15. The second-order valence-corrected chi connectivity index (χ2v) is 3.38. The fourth-order valence-corrected chi connectivity index (χ4v) is 0.707. The Bertz CT molecular complexity index is 456. The first-order chi connectivity index (χ1) is 13.1. The van der Waals surface area contributed by atoms with Crippen molar-refractivity contribution >= 4 is 30.8 Å². The molecule has 0 aromatic heterocycles. The molecular weight excluding hydrogens is 396 g/mol. The van der Waals surface area contributed by atoms with E-state index in [1.54, 1.807) is 13.8 Å². The number of rotatable bonds is 7. The molecule has 0 amide bonds. The largest absolute Gasteiger partial charge is 0.510 e. The third-order valence-corrected chi connectivity index (χ3v) is 1.45. The zero-order valence-corrected chi connectivity index (χ0v) is 14.8. The lowest BCUT2D eigenvalue weighted by molar-refractivity contribution is 0.0472. The Labute approximate surface area is 157 Å². The highest BCUT2D eigenvalue weighted by Crippen LogP contribution is 1.82. The van der Waals surface area contributed by atoms with Crippen molar-refractivity contribution in [1.82, 2.24) is 0 Å². The monoisotopic (exact) mass is 416 g/mol. The SMILES string of the molecule is CCOC(=O)OCC.O=C(O)O/C=C/OC(=O)O.O=C(O)OCCOC(=O)O. The van der Waals surface area contributed by atoms with Gasteiger partial charge in [0.05, 0.1) is 13.2 Å². The molecule has 0 saturated heterocycles. The predicted molar refractivity (Wildman–Crippen MR) is 84.0 cm³/mol. The summed E-state index contributed by atoms with van der Waals surface area (Å²) in [5.41, 5.74) is 0. The van der Waals surface area contributed by atoms with Crippen LogP contribution in [0.1, 0.15) is 13.8 Å². The summed E-state index contributed by atoms with van der Waals surface area (Å²) in [5.74, 6) is 0. The Balaban J connectivity index is -0.000000337. The molecule has 0 rings (SSSR count). The molecule has 0 saturated carbocycles. The van der Waals surface area contributed by atoms with E-state index < -0.39 is 30.8 Å². The predicted octanol–water partition coefficient (Wildman–Crippen LogP) is 2.40. The lowest BCUT2D eigenvalue weighted by atomic mass is 10.8. The highest BCUT2D eigenvalue weighted by atomic mass is 16.7. The molecule has 0 bridgehead atoms. The van der Waals surface area contributed by atoms with E-state index in [4.69, 9.17) is 20.4 Å². The zero-order chi connectivity index (χ0) is 22.4. The summed E-state index contributed by atoms with van der Waals surface area (Å²) in [6.07, 6.45) is -5.37. The highest BCUT2D eigenvalue weighted by Gasteiger charge is 1.98. The van der Waals surface area contributed by atoms with Crippen LogP contribution in [0.25, 0.3) is 0 Å². The van der Waals surface area contributed by atoms with Crippen molar-refractivity contribution in [3.8, 4) is 0 Å². The highest BCUT2D eigenvalue weighted by molar-refractivity contribution is 5.59. The number of carboxylic acid groups (broad SMARTS) is 4. The Morgan fingerprint density at radius 3 is 1.14 bits per heavy atom. The van der Waals surface area contributed by atoms with Crippen LogP contribution in [0.3, 0.4) is 0 Å². The Kier molecular flexibility index (Phi) is 21.8. The molecule has 0 radical (unpaired) electrons. The molecule has 0 fully saturated rings. The lowest BCUT2D eigenvalue weighted by Gasteiger charge is -1.98. The number of carbonyl (C=O) groups is 5. The molecule has 0 aromatic rings. The van der Waals surface area contributed by atoms with Gasteiger partial charge in [-0.3, -0.25) is 0 Å². The second kappa shape index (κ2) is 21.1. The summed E-state index contributed by atoms with van der Waals surface area (Å²) < 4.78 is 24.2. The van der Waals surface area contributed by atoms with Crippen molar-refractivity contribution in [2.45, 2.75) is 13.8 Å². The van der Waals surface area contributed by atoms with Crippen LogP contribution in [0.15, 0.2) is 12.5 Å². The quantitative estimate of drug-likeness (QED) is 0.202. The van der Waals surface area contributed by atoms with E-state index in [1.807, 2.05) is 0 Å². The molecule has 0 spiro atoms. The average molecular weight is 416 g/mol. The minimum absolute atomic E-state index is 0.276. The van der Waals surface area contributed by atoms with Gasteiger partial charge in [0.25, 0.3) is 0 Å². The maximum absolute atomic E-state index is 10.2. The first-order valence-corrected chi connectivity index (χ1v) is 7.01. The standard InChI is InChI=1S/C5H10O3.C4H6O6.C4H4O6/c1-3-7-5(6)8-4-2;2*5-3(6)9-1-2-10-4(7)8/h3-4H2,1-2H3;1-2H2,(H,5,6)(H,7,8);1-2H,(H,5,6)(H,7,8)/b;;2-1+. The van der Waals surface area contributed by atoms with Crippen LogP contribution in [-0.2, 0) is 28.4 Å². The maximum atomic E-state index is 10.2. The van der Waals surface area contributed by atoms with Gasteiger partial charge >= 0.3 is 30.8 Å². The summed E-state index contributed by atoms with van der Waals surface area (Å²) in [6.45, 7) is 3.66. The Morgan fingerprint density at radius 2 is 0.929 bits per heavy atom. The minimum Gasteiger partial charge on any atom is -0.450 e. The smallest absolute Gasteiger partial charge is 0.450 e. The molecule has 162 valence electrons. The normalized spacial score (nSPS) is 8.64. The van der Waals surface area contributed by atoms with E-state index in [1.165, 1.54) is 0 Å². The fourth-order valence-electron chi connectivity index (χ4n) is 0.707. The van der Waals surface area contributed by atoms with Crippen molar-refractivity contribution in [3.05, 3.63) is 12.5 Å². The topological polar surface area (TPSA) is 222 Å². The van der Waals surface area contributed by atoms with Gasteiger partial charge in [-0.25, -0.2) is 24.0 Å². The van der Waals surface area contributed by atoms with E-state index in [-0.39, 0.29) is 13.2 Å². The van der Waals surface area contributed by atoms with E-state index in [0.29, 0.717) is 25.7 Å². The van der Waals surface area contributed by atoms with E-state index >= 15 is 0 Å². The van der Waals surface area contributed by atoms with Gasteiger partial charge < -0.3 is 48.8 Å². The second-order valence-electron chi connectivity index (χ2n) is 3.38. The van der Waals surface area contributed by atoms with Gasteiger partial charge in [-0.05, 0) is 13.8 Å². The number of hydrogen-bond donors (Lipinski definition) is 4. The minimum atomic E-state index is -1.54. The van der Waals surface area contributed by atoms with Crippen LogP contribution in [0.5, 0.6) is 0 Å².